The molecule has 2 atom stereocenters. The molecule has 6 nitrogen and oxygen atoms in total. The number of aromatic nitrogens is 1. The van der Waals surface area contributed by atoms with E-state index in [2.05, 4.69) is 35.1 Å². The normalized spacial score (nSPS) is 30.0. The fraction of sp³-hybridized carbons (Fsp3) is 0.600. The van der Waals surface area contributed by atoms with Gasteiger partial charge in [0, 0.05) is 47.5 Å². The molecule has 2 N–H and O–H groups in total. The second-order valence-electron chi connectivity index (χ2n) is 9.67. The molecule has 2 aromatic heterocycles. The number of aryl methyl sites for hydroxylation is 1. The van der Waals surface area contributed by atoms with Crippen LogP contribution in [-0.2, 0) is 23.2 Å². The zero-order valence-corrected chi connectivity index (χ0v) is 19.8. The Kier molecular flexibility index (Phi) is 5.99. The van der Waals surface area contributed by atoms with E-state index in [4.69, 9.17) is 4.74 Å². The number of aromatic hydroxyl groups is 1. The minimum absolute atomic E-state index is 0.0679. The third-order valence-electron chi connectivity index (χ3n) is 7.52. The summed E-state index contributed by atoms with van der Waals surface area (Å²) >= 11 is 1.98. The van der Waals surface area contributed by atoms with Gasteiger partial charge in [-0.3, -0.25) is 4.79 Å². The molecule has 1 spiro atoms. The summed E-state index contributed by atoms with van der Waals surface area (Å²) in [6.07, 6.45) is 7.79. The highest BCUT2D eigenvalue weighted by Crippen LogP contribution is 2.46. The Morgan fingerprint density at radius 3 is 3.03 bits per heavy atom. The van der Waals surface area contributed by atoms with E-state index >= 15 is 0 Å². The molecule has 7 heteroatoms. The van der Waals surface area contributed by atoms with Crippen molar-refractivity contribution in [3.8, 4) is 5.75 Å². The minimum atomic E-state index is -0.285. The smallest absolute Gasteiger partial charge is 0.273 e. The average Bonchev–Trinajstić information content (AvgIpc) is 3.19. The molecule has 1 saturated carbocycles. The van der Waals surface area contributed by atoms with Crippen LogP contribution in [-0.4, -0.2) is 52.7 Å². The van der Waals surface area contributed by atoms with Crippen LogP contribution in [0.4, 0.5) is 0 Å². The zero-order chi connectivity index (χ0) is 22.3. The van der Waals surface area contributed by atoms with E-state index in [1.54, 1.807) is 10.9 Å². The highest BCUT2D eigenvalue weighted by molar-refractivity contribution is 7.12. The number of amides is 1. The van der Waals surface area contributed by atoms with Gasteiger partial charge in [-0.15, -0.1) is 11.3 Å². The highest BCUT2D eigenvalue weighted by atomic mass is 32.1. The van der Waals surface area contributed by atoms with Crippen molar-refractivity contribution in [2.75, 3.05) is 19.7 Å². The topological polar surface area (TPSA) is 74.7 Å². The third-order valence-corrected chi connectivity index (χ3v) is 8.86. The second-order valence-corrected chi connectivity index (χ2v) is 10.9. The van der Waals surface area contributed by atoms with Crippen LogP contribution in [0.1, 0.15) is 65.3 Å². The summed E-state index contributed by atoms with van der Waals surface area (Å²) in [7, 11) is 0. The van der Waals surface area contributed by atoms with Gasteiger partial charge in [-0.2, -0.15) is 0 Å². The molecular weight excluding hydrogens is 422 g/mol. The SMILES string of the molecule is CCc1cc2c(s1)CCO[C@@]21CCN(C[C@H]2C[C@@H](NC(=O)c3ncccc3O)C2)[C@@H](C)C1. The first-order chi connectivity index (χ1) is 15.5. The van der Waals surface area contributed by atoms with Crippen molar-refractivity contribution in [3.63, 3.8) is 0 Å². The van der Waals surface area contributed by atoms with Gasteiger partial charge in [0.2, 0.25) is 0 Å². The number of thiophene rings is 1. The largest absolute Gasteiger partial charge is 0.505 e. The van der Waals surface area contributed by atoms with Crippen molar-refractivity contribution in [2.45, 2.75) is 70.1 Å². The molecule has 1 saturated heterocycles. The molecule has 2 aliphatic heterocycles. The van der Waals surface area contributed by atoms with Crippen molar-refractivity contribution < 1.29 is 14.6 Å². The Morgan fingerprint density at radius 1 is 1.44 bits per heavy atom. The quantitative estimate of drug-likeness (QED) is 0.716. The van der Waals surface area contributed by atoms with Crippen molar-refractivity contribution in [2.24, 2.45) is 5.92 Å². The summed E-state index contributed by atoms with van der Waals surface area (Å²) in [5.74, 6) is 0.249. The van der Waals surface area contributed by atoms with Gasteiger partial charge < -0.3 is 20.1 Å². The number of hydrogen-bond donors (Lipinski definition) is 2. The maximum absolute atomic E-state index is 12.4. The van der Waals surface area contributed by atoms with E-state index < -0.39 is 0 Å². The lowest BCUT2D eigenvalue weighted by molar-refractivity contribution is -0.114. The van der Waals surface area contributed by atoms with Gasteiger partial charge in [0.05, 0.1) is 12.2 Å². The molecule has 2 aromatic rings. The standard InChI is InChI=1S/C25H33N3O3S/c1-3-19-13-20-22(32-19)6-10-31-25(20)7-9-28(16(2)14-25)15-17-11-18(12-17)27-24(30)23-21(29)5-4-8-26-23/h4-5,8,13,16-18,29H,3,6-7,9-12,14-15H2,1-2H3,(H,27,30)/t16-,17-,18+,25+/m0/s1. The number of hydrogen-bond acceptors (Lipinski definition) is 6. The van der Waals surface area contributed by atoms with Gasteiger partial charge in [-0.25, -0.2) is 4.98 Å². The maximum atomic E-state index is 12.4. The molecule has 172 valence electrons. The zero-order valence-electron chi connectivity index (χ0n) is 19.0. The summed E-state index contributed by atoms with van der Waals surface area (Å²) in [6, 6.07) is 6.19. The molecular formula is C25H33N3O3S. The van der Waals surface area contributed by atoms with Crippen LogP contribution < -0.4 is 5.32 Å². The van der Waals surface area contributed by atoms with E-state index in [0.29, 0.717) is 12.0 Å². The number of pyridine rings is 1. The monoisotopic (exact) mass is 455 g/mol. The Bertz CT molecular complexity index is 987. The molecule has 0 radical (unpaired) electrons. The highest BCUT2D eigenvalue weighted by Gasteiger charge is 2.45. The summed E-state index contributed by atoms with van der Waals surface area (Å²) in [4.78, 5) is 22.0. The minimum Gasteiger partial charge on any atom is -0.505 e. The van der Waals surface area contributed by atoms with E-state index in [1.807, 2.05) is 11.3 Å². The first kappa shape index (κ1) is 21.9. The molecule has 1 aliphatic carbocycles. The molecule has 32 heavy (non-hydrogen) atoms. The summed E-state index contributed by atoms with van der Waals surface area (Å²) in [5.41, 5.74) is 1.49. The van der Waals surface area contributed by atoms with Gasteiger partial charge >= 0.3 is 0 Å². The van der Waals surface area contributed by atoms with Gasteiger partial charge in [0.25, 0.3) is 5.91 Å². The van der Waals surface area contributed by atoms with Gasteiger partial charge in [-0.1, -0.05) is 6.92 Å². The van der Waals surface area contributed by atoms with Crippen molar-refractivity contribution >= 4 is 17.2 Å². The van der Waals surface area contributed by atoms with Crippen molar-refractivity contribution in [1.82, 2.24) is 15.2 Å². The van der Waals surface area contributed by atoms with Gasteiger partial charge in [-0.05, 0) is 68.7 Å². The lowest BCUT2D eigenvalue weighted by Gasteiger charge is -2.49. The van der Waals surface area contributed by atoms with Crippen LogP contribution in [0.3, 0.4) is 0 Å². The number of ether oxygens (including phenoxy) is 1. The second kappa shape index (κ2) is 8.76. The maximum Gasteiger partial charge on any atom is 0.273 e. The molecule has 0 aromatic carbocycles. The Hall–Kier alpha value is -1.96. The van der Waals surface area contributed by atoms with Crippen LogP contribution in [0.2, 0.25) is 0 Å². The molecule has 3 aliphatic rings. The first-order valence-electron chi connectivity index (χ1n) is 11.9. The predicted molar refractivity (Wildman–Crippen MR) is 125 cm³/mol. The first-order valence-corrected chi connectivity index (χ1v) is 12.7. The Balaban J connectivity index is 1.14. The molecule has 5 rings (SSSR count). The number of nitrogens with one attached hydrogen (secondary N) is 1. The van der Waals surface area contributed by atoms with E-state index in [9.17, 15) is 9.90 Å². The van der Waals surface area contributed by atoms with Gasteiger partial charge in [0.1, 0.15) is 5.75 Å². The van der Waals surface area contributed by atoms with E-state index in [-0.39, 0.29) is 29.0 Å². The summed E-state index contributed by atoms with van der Waals surface area (Å²) in [6.45, 7) is 7.57. The molecule has 0 bridgehead atoms. The predicted octanol–water partition coefficient (Wildman–Crippen LogP) is 3.87. The van der Waals surface area contributed by atoms with Crippen molar-refractivity contribution in [1.29, 1.82) is 0 Å². The number of piperidine rings is 1. The molecule has 2 fully saturated rings. The number of nitrogens with zero attached hydrogens (tertiary/aromatic N) is 2. The molecule has 4 heterocycles. The number of likely N-dealkylation sites (tertiary alicyclic amines) is 1. The molecule has 0 unspecified atom stereocenters. The van der Waals surface area contributed by atoms with Crippen LogP contribution in [0.25, 0.3) is 0 Å². The fourth-order valence-electron chi connectivity index (χ4n) is 5.71. The van der Waals surface area contributed by atoms with E-state index in [1.165, 1.54) is 22.7 Å². The van der Waals surface area contributed by atoms with E-state index in [0.717, 1.165) is 58.2 Å². The van der Waals surface area contributed by atoms with Crippen molar-refractivity contribution in [3.05, 3.63) is 45.4 Å². The molecule has 1 amide bonds. The number of rotatable bonds is 5. The summed E-state index contributed by atoms with van der Waals surface area (Å²) < 4.78 is 6.47. The lowest BCUT2D eigenvalue weighted by Crippen LogP contribution is -2.54. The number of fused-ring (bicyclic) bond motifs is 2. The number of carbonyl (C=O) groups excluding carboxylic acids is 1. The van der Waals surface area contributed by atoms with Crippen LogP contribution in [0, 0.1) is 5.92 Å². The Labute approximate surface area is 194 Å². The van der Waals surface area contributed by atoms with Crippen LogP contribution in [0.5, 0.6) is 5.75 Å². The lowest BCUT2D eigenvalue weighted by atomic mass is 9.76. The Morgan fingerprint density at radius 2 is 2.28 bits per heavy atom. The average molecular weight is 456 g/mol. The van der Waals surface area contributed by atoms with Crippen LogP contribution >= 0.6 is 11.3 Å². The third kappa shape index (κ3) is 4.06. The van der Waals surface area contributed by atoms with Gasteiger partial charge in [0.15, 0.2) is 5.69 Å². The van der Waals surface area contributed by atoms with Crippen LogP contribution in [0.15, 0.2) is 24.4 Å². The number of carbonyl (C=O) groups is 1. The summed E-state index contributed by atoms with van der Waals surface area (Å²) in [5, 5.41) is 12.8. The fourth-order valence-corrected chi connectivity index (χ4v) is 6.88.